The zero-order chi connectivity index (χ0) is 15.0. The van der Waals surface area contributed by atoms with Gasteiger partial charge < -0.3 is 4.57 Å². The zero-order valence-electron chi connectivity index (χ0n) is 11.1. The third-order valence-corrected chi connectivity index (χ3v) is 3.80. The quantitative estimate of drug-likeness (QED) is 0.787. The van der Waals surface area contributed by atoms with Crippen molar-refractivity contribution in [3.63, 3.8) is 0 Å². The molecule has 2 aromatic rings. The van der Waals surface area contributed by atoms with E-state index in [2.05, 4.69) is 9.97 Å². The molecule has 3 rings (SSSR count). The monoisotopic (exact) mass is 315 g/mol. The lowest BCUT2D eigenvalue weighted by Gasteiger charge is -2.15. The molecule has 0 saturated heterocycles. The molecule has 112 valence electrons. The molecule has 0 atom stereocenters. The van der Waals surface area contributed by atoms with E-state index in [1.165, 1.54) is 6.07 Å². The van der Waals surface area contributed by atoms with E-state index in [9.17, 15) is 13.2 Å². The van der Waals surface area contributed by atoms with Crippen LogP contribution >= 0.6 is 11.6 Å². The number of hydrogen-bond donors (Lipinski definition) is 0. The highest BCUT2D eigenvalue weighted by Crippen LogP contribution is 2.30. The molecule has 7 heteroatoms. The van der Waals surface area contributed by atoms with Crippen molar-refractivity contribution >= 4 is 11.6 Å². The Labute approximate surface area is 124 Å². The fourth-order valence-corrected chi connectivity index (χ4v) is 2.88. The predicted octanol–water partition coefficient (Wildman–Crippen LogP) is 3.88. The van der Waals surface area contributed by atoms with Gasteiger partial charge in [0.1, 0.15) is 10.8 Å². The van der Waals surface area contributed by atoms with E-state index in [0.29, 0.717) is 12.1 Å². The number of rotatable bonds is 2. The van der Waals surface area contributed by atoms with Crippen molar-refractivity contribution in [2.75, 3.05) is 0 Å². The average Bonchev–Trinajstić information content (AvgIpc) is 2.81. The number of pyridine rings is 1. The lowest BCUT2D eigenvalue weighted by atomic mass is 10.0. The fourth-order valence-electron chi connectivity index (χ4n) is 2.65. The maximum atomic E-state index is 12.8. The Morgan fingerprint density at radius 1 is 1.19 bits per heavy atom. The third kappa shape index (κ3) is 3.05. The summed E-state index contributed by atoms with van der Waals surface area (Å²) in [5.74, 6) is 0. The highest BCUT2D eigenvalue weighted by atomic mass is 35.5. The Kier molecular flexibility index (Phi) is 3.65. The van der Waals surface area contributed by atoms with Gasteiger partial charge >= 0.3 is 6.18 Å². The molecule has 0 fully saturated rings. The Balaban J connectivity index is 1.91. The van der Waals surface area contributed by atoms with E-state index in [0.717, 1.165) is 43.1 Å². The maximum Gasteiger partial charge on any atom is 0.433 e. The molecular weight excluding hydrogens is 303 g/mol. The first-order chi connectivity index (χ1) is 9.93. The van der Waals surface area contributed by atoms with Crippen LogP contribution in [0.25, 0.3) is 0 Å². The zero-order valence-corrected chi connectivity index (χ0v) is 11.9. The first kappa shape index (κ1) is 14.4. The van der Waals surface area contributed by atoms with Crippen molar-refractivity contribution in [2.45, 2.75) is 38.4 Å². The number of imidazole rings is 1. The molecule has 3 nitrogen and oxygen atoms in total. The molecule has 2 aromatic heterocycles. The lowest BCUT2D eigenvalue weighted by molar-refractivity contribution is -0.141. The van der Waals surface area contributed by atoms with Gasteiger partial charge in [0.25, 0.3) is 0 Å². The normalized spacial score (nSPS) is 15.0. The molecule has 21 heavy (non-hydrogen) atoms. The van der Waals surface area contributed by atoms with Crippen LogP contribution in [-0.4, -0.2) is 14.5 Å². The summed E-state index contributed by atoms with van der Waals surface area (Å²) in [6.45, 7) is 0.327. The molecule has 0 amide bonds. The molecule has 0 bridgehead atoms. The van der Waals surface area contributed by atoms with E-state index < -0.39 is 11.9 Å². The van der Waals surface area contributed by atoms with E-state index in [1.807, 2.05) is 4.57 Å². The SMILES string of the molecule is FC(F)(F)c1cc(Cn2cnc3c2CCCC3)cc(Cl)n1. The standard InChI is InChI=1S/C14H13ClF3N3/c15-13-6-9(5-12(20-13)14(16,17)18)7-21-8-19-10-3-1-2-4-11(10)21/h5-6,8H,1-4,7H2. The predicted molar refractivity (Wildman–Crippen MR) is 72.2 cm³/mol. The Morgan fingerprint density at radius 2 is 1.95 bits per heavy atom. The van der Waals surface area contributed by atoms with Crippen molar-refractivity contribution in [2.24, 2.45) is 0 Å². The van der Waals surface area contributed by atoms with Crippen molar-refractivity contribution in [3.8, 4) is 0 Å². The molecule has 2 heterocycles. The molecule has 0 aliphatic heterocycles. The summed E-state index contributed by atoms with van der Waals surface area (Å²) in [5, 5.41) is -0.145. The van der Waals surface area contributed by atoms with E-state index in [4.69, 9.17) is 11.6 Å². The largest absolute Gasteiger partial charge is 0.433 e. The highest BCUT2D eigenvalue weighted by Gasteiger charge is 2.33. The van der Waals surface area contributed by atoms with Gasteiger partial charge in [0, 0.05) is 12.2 Å². The summed E-state index contributed by atoms with van der Waals surface area (Å²) in [6, 6.07) is 2.51. The minimum absolute atomic E-state index is 0.145. The van der Waals surface area contributed by atoms with E-state index in [1.54, 1.807) is 6.33 Å². The molecule has 0 N–H and O–H groups in total. The van der Waals surface area contributed by atoms with E-state index >= 15 is 0 Å². The van der Waals surface area contributed by atoms with Crippen molar-refractivity contribution < 1.29 is 13.2 Å². The van der Waals surface area contributed by atoms with Crippen molar-refractivity contribution in [1.82, 2.24) is 14.5 Å². The Hall–Kier alpha value is -1.56. The second kappa shape index (κ2) is 5.33. The smallest absolute Gasteiger partial charge is 0.330 e. The van der Waals surface area contributed by atoms with Gasteiger partial charge in [-0.25, -0.2) is 9.97 Å². The summed E-state index contributed by atoms with van der Waals surface area (Å²) in [7, 11) is 0. The van der Waals surface area contributed by atoms with Crippen LogP contribution in [0.5, 0.6) is 0 Å². The second-order valence-corrected chi connectivity index (χ2v) is 5.54. The minimum Gasteiger partial charge on any atom is -0.330 e. The third-order valence-electron chi connectivity index (χ3n) is 3.61. The van der Waals surface area contributed by atoms with Crippen molar-refractivity contribution in [1.29, 1.82) is 0 Å². The second-order valence-electron chi connectivity index (χ2n) is 5.15. The molecule has 0 spiro atoms. The van der Waals surface area contributed by atoms with Crippen LogP contribution in [0.4, 0.5) is 13.2 Å². The van der Waals surface area contributed by atoms with Gasteiger partial charge in [-0.05, 0) is 43.4 Å². The topological polar surface area (TPSA) is 30.7 Å². The summed E-state index contributed by atoms with van der Waals surface area (Å²) in [4.78, 5) is 7.68. The number of fused-ring (bicyclic) bond motifs is 1. The fraction of sp³-hybridized carbons (Fsp3) is 0.429. The summed E-state index contributed by atoms with van der Waals surface area (Å²) >= 11 is 5.70. The van der Waals surface area contributed by atoms with Crippen LogP contribution in [-0.2, 0) is 25.6 Å². The van der Waals surface area contributed by atoms with Gasteiger partial charge in [0.2, 0.25) is 0 Å². The highest BCUT2D eigenvalue weighted by molar-refractivity contribution is 6.29. The summed E-state index contributed by atoms with van der Waals surface area (Å²) in [6.07, 6.45) is 1.26. The van der Waals surface area contributed by atoms with Crippen LogP contribution in [0, 0.1) is 0 Å². The Morgan fingerprint density at radius 3 is 2.71 bits per heavy atom. The van der Waals surface area contributed by atoms with Gasteiger partial charge in [-0.1, -0.05) is 11.6 Å². The van der Waals surface area contributed by atoms with E-state index in [-0.39, 0.29) is 5.15 Å². The molecule has 1 aliphatic rings. The van der Waals surface area contributed by atoms with Gasteiger partial charge in [-0.2, -0.15) is 13.2 Å². The van der Waals surface area contributed by atoms with Gasteiger partial charge in [-0.3, -0.25) is 0 Å². The van der Waals surface area contributed by atoms with Crippen LogP contribution in [0.15, 0.2) is 18.5 Å². The first-order valence-electron chi connectivity index (χ1n) is 6.70. The van der Waals surface area contributed by atoms with Crippen LogP contribution in [0.1, 0.15) is 35.5 Å². The minimum atomic E-state index is -4.49. The molecule has 0 radical (unpaired) electrons. The van der Waals surface area contributed by atoms with Crippen LogP contribution < -0.4 is 0 Å². The number of aryl methyl sites for hydroxylation is 1. The molecule has 0 aromatic carbocycles. The number of alkyl halides is 3. The first-order valence-corrected chi connectivity index (χ1v) is 7.08. The number of halogens is 4. The van der Waals surface area contributed by atoms with Crippen LogP contribution in [0.2, 0.25) is 5.15 Å². The lowest BCUT2D eigenvalue weighted by Crippen LogP contribution is -2.12. The van der Waals surface area contributed by atoms with Gasteiger partial charge in [-0.15, -0.1) is 0 Å². The summed E-state index contributed by atoms with van der Waals surface area (Å²) < 4.78 is 40.2. The molecule has 1 aliphatic carbocycles. The van der Waals surface area contributed by atoms with Crippen LogP contribution in [0.3, 0.4) is 0 Å². The van der Waals surface area contributed by atoms with Gasteiger partial charge in [0.15, 0.2) is 0 Å². The van der Waals surface area contributed by atoms with Gasteiger partial charge in [0.05, 0.1) is 12.0 Å². The maximum absolute atomic E-state index is 12.8. The number of aromatic nitrogens is 3. The molecule has 0 unspecified atom stereocenters. The van der Waals surface area contributed by atoms with Crippen molar-refractivity contribution in [3.05, 3.63) is 46.3 Å². The average molecular weight is 316 g/mol. The number of nitrogens with zero attached hydrogens (tertiary/aromatic N) is 3. The Bertz CT molecular complexity index is 664. The summed E-state index contributed by atoms with van der Waals surface area (Å²) in [5.41, 5.74) is 1.69. The molecular formula is C14H13ClF3N3. The molecule has 0 saturated carbocycles. The number of hydrogen-bond acceptors (Lipinski definition) is 2.